The highest BCUT2D eigenvalue weighted by molar-refractivity contribution is 5.96. The van der Waals surface area contributed by atoms with Crippen LogP contribution < -0.4 is 16.4 Å². The second-order valence-corrected chi connectivity index (χ2v) is 4.36. The summed E-state index contributed by atoms with van der Waals surface area (Å²) < 4.78 is 4.94. The molecule has 7 heteroatoms. The number of amides is 3. The van der Waals surface area contributed by atoms with E-state index >= 15 is 0 Å². The zero-order chi connectivity index (χ0) is 14.4. The number of nitrogens with two attached hydrogens (primary N) is 1. The van der Waals surface area contributed by atoms with Crippen LogP contribution in [0.4, 0.5) is 0 Å². The summed E-state index contributed by atoms with van der Waals surface area (Å²) in [6.07, 6.45) is 1.37. The van der Waals surface area contributed by atoms with Gasteiger partial charge in [0, 0.05) is 0 Å². The Hall–Kier alpha value is -2.31. The molecule has 0 radical (unpaired) electrons. The van der Waals surface area contributed by atoms with E-state index in [0.717, 1.165) is 0 Å². The fourth-order valence-electron chi connectivity index (χ4n) is 1.44. The number of carbonyl (C=O) groups excluding carboxylic acids is 3. The van der Waals surface area contributed by atoms with Crippen LogP contribution in [0.5, 0.6) is 0 Å². The van der Waals surface area contributed by atoms with Crippen molar-refractivity contribution in [3.63, 3.8) is 0 Å². The van der Waals surface area contributed by atoms with Crippen LogP contribution >= 0.6 is 0 Å². The summed E-state index contributed by atoms with van der Waals surface area (Å²) in [6, 6.07) is 2.30. The van der Waals surface area contributed by atoms with E-state index < -0.39 is 23.8 Å². The maximum absolute atomic E-state index is 11.8. The van der Waals surface area contributed by atoms with Gasteiger partial charge in [-0.3, -0.25) is 14.4 Å². The van der Waals surface area contributed by atoms with Crippen molar-refractivity contribution < 1.29 is 18.8 Å². The third kappa shape index (κ3) is 4.46. The molecule has 19 heavy (non-hydrogen) atoms. The highest BCUT2D eigenvalue weighted by Gasteiger charge is 2.25. The minimum atomic E-state index is -0.767. The Balaban J connectivity index is 2.65. The Bertz CT molecular complexity index is 454. The average molecular weight is 267 g/mol. The van der Waals surface area contributed by atoms with Crippen LogP contribution in [0, 0.1) is 5.92 Å². The van der Waals surface area contributed by atoms with E-state index in [2.05, 4.69) is 10.6 Å². The van der Waals surface area contributed by atoms with Crippen molar-refractivity contribution in [1.29, 1.82) is 0 Å². The van der Waals surface area contributed by atoms with Gasteiger partial charge in [0.25, 0.3) is 5.91 Å². The second kappa shape index (κ2) is 6.58. The minimum absolute atomic E-state index is 0.119. The monoisotopic (exact) mass is 267 g/mol. The van der Waals surface area contributed by atoms with E-state index in [-0.39, 0.29) is 18.2 Å². The van der Waals surface area contributed by atoms with Gasteiger partial charge in [0.15, 0.2) is 5.76 Å². The van der Waals surface area contributed by atoms with Crippen molar-refractivity contribution in [2.75, 3.05) is 6.54 Å². The van der Waals surface area contributed by atoms with Crippen molar-refractivity contribution in [1.82, 2.24) is 10.6 Å². The van der Waals surface area contributed by atoms with Crippen molar-refractivity contribution in [2.45, 2.75) is 19.9 Å². The van der Waals surface area contributed by atoms with Crippen LogP contribution in [0.1, 0.15) is 24.4 Å². The van der Waals surface area contributed by atoms with E-state index in [4.69, 9.17) is 10.2 Å². The van der Waals surface area contributed by atoms with Crippen molar-refractivity contribution >= 4 is 17.7 Å². The highest BCUT2D eigenvalue weighted by atomic mass is 16.3. The lowest BCUT2D eigenvalue weighted by atomic mass is 10.0. The number of carbonyl (C=O) groups is 3. The Morgan fingerprint density at radius 3 is 2.53 bits per heavy atom. The first-order valence-corrected chi connectivity index (χ1v) is 5.82. The van der Waals surface area contributed by atoms with Gasteiger partial charge in [0.05, 0.1) is 12.8 Å². The molecule has 4 N–H and O–H groups in total. The highest BCUT2D eigenvalue weighted by Crippen LogP contribution is 2.05. The van der Waals surface area contributed by atoms with Gasteiger partial charge in [-0.2, -0.15) is 0 Å². The van der Waals surface area contributed by atoms with Crippen LogP contribution in [0.25, 0.3) is 0 Å². The van der Waals surface area contributed by atoms with E-state index in [1.807, 2.05) is 0 Å². The fourth-order valence-corrected chi connectivity index (χ4v) is 1.44. The van der Waals surface area contributed by atoms with Gasteiger partial charge in [-0.05, 0) is 18.1 Å². The van der Waals surface area contributed by atoms with E-state index in [9.17, 15) is 14.4 Å². The SMILES string of the molecule is CC(C)[C@H](NC(=O)c1ccco1)C(=O)NCC(N)=O. The molecule has 3 amide bonds. The smallest absolute Gasteiger partial charge is 0.287 e. The molecule has 0 fully saturated rings. The van der Waals surface area contributed by atoms with Gasteiger partial charge in [-0.15, -0.1) is 0 Å². The van der Waals surface area contributed by atoms with Crippen LogP contribution in [0.2, 0.25) is 0 Å². The van der Waals surface area contributed by atoms with E-state index in [0.29, 0.717) is 0 Å². The molecular formula is C12H17N3O4. The average Bonchev–Trinajstić information content (AvgIpc) is 2.86. The minimum Gasteiger partial charge on any atom is -0.459 e. The molecule has 0 aromatic carbocycles. The number of furan rings is 1. The summed E-state index contributed by atoms with van der Waals surface area (Å²) in [5, 5.41) is 4.90. The molecule has 0 saturated carbocycles. The van der Waals surface area contributed by atoms with Gasteiger partial charge in [-0.1, -0.05) is 13.8 Å². The first-order valence-electron chi connectivity index (χ1n) is 5.82. The molecule has 1 atom stereocenters. The van der Waals surface area contributed by atoms with Gasteiger partial charge in [0.2, 0.25) is 11.8 Å². The molecule has 1 aromatic rings. The molecule has 1 heterocycles. The molecule has 0 saturated heterocycles. The lowest BCUT2D eigenvalue weighted by Gasteiger charge is -2.20. The number of rotatable bonds is 6. The van der Waals surface area contributed by atoms with Gasteiger partial charge in [-0.25, -0.2) is 0 Å². The molecule has 1 aromatic heterocycles. The topological polar surface area (TPSA) is 114 Å². The first kappa shape index (κ1) is 14.7. The summed E-state index contributed by atoms with van der Waals surface area (Å²) in [5.41, 5.74) is 4.94. The van der Waals surface area contributed by atoms with Crippen LogP contribution in [-0.2, 0) is 9.59 Å². The summed E-state index contributed by atoms with van der Waals surface area (Å²) in [4.78, 5) is 34.2. The second-order valence-electron chi connectivity index (χ2n) is 4.36. The Labute approximate surface area is 110 Å². The maximum Gasteiger partial charge on any atom is 0.287 e. The third-order valence-electron chi connectivity index (χ3n) is 2.42. The lowest BCUT2D eigenvalue weighted by Crippen LogP contribution is -2.51. The zero-order valence-electron chi connectivity index (χ0n) is 10.8. The summed E-state index contributed by atoms with van der Waals surface area (Å²) in [6.45, 7) is 3.28. The number of primary amides is 1. The molecule has 0 aliphatic heterocycles. The number of hydrogen-bond donors (Lipinski definition) is 3. The Morgan fingerprint density at radius 1 is 1.37 bits per heavy atom. The van der Waals surface area contributed by atoms with Gasteiger partial charge < -0.3 is 20.8 Å². The molecule has 0 spiro atoms. The molecule has 0 bridgehead atoms. The van der Waals surface area contributed by atoms with Crippen LogP contribution in [0.3, 0.4) is 0 Å². The summed E-state index contributed by atoms with van der Waals surface area (Å²) in [5.74, 6) is -1.63. The quantitative estimate of drug-likeness (QED) is 0.652. The summed E-state index contributed by atoms with van der Waals surface area (Å²) >= 11 is 0. The van der Waals surface area contributed by atoms with Crippen molar-refractivity contribution in [3.8, 4) is 0 Å². The molecule has 0 unspecified atom stereocenters. The largest absolute Gasteiger partial charge is 0.459 e. The maximum atomic E-state index is 11.8. The fraction of sp³-hybridized carbons (Fsp3) is 0.417. The normalized spacial score (nSPS) is 11.9. The van der Waals surface area contributed by atoms with Crippen molar-refractivity contribution in [2.24, 2.45) is 11.7 Å². The predicted octanol–water partition coefficient (Wildman–Crippen LogP) is -0.364. The number of nitrogens with one attached hydrogen (secondary N) is 2. The number of hydrogen-bond acceptors (Lipinski definition) is 4. The summed E-state index contributed by atoms with van der Waals surface area (Å²) in [7, 11) is 0. The van der Waals surface area contributed by atoms with Crippen LogP contribution in [0.15, 0.2) is 22.8 Å². The lowest BCUT2D eigenvalue weighted by molar-refractivity contribution is -0.126. The Kier molecular flexibility index (Phi) is 5.11. The standard InChI is InChI=1S/C12H17N3O4/c1-7(2)10(12(18)14-6-9(13)16)15-11(17)8-4-3-5-19-8/h3-5,7,10H,6H2,1-2H3,(H2,13,16)(H,14,18)(H,15,17)/t10-/m0/s1. The zero-order valence-corrected chi connectivity index (χ0v) is 10.8. The van der Waals surface area contributed by atoms with Gasteiger partial charge >= 0.3 is 0 Å². The van der Waals surface area contributed by atoms with Crippen molar-refractivity contribution in [3.05, 3.63) is 24.2 Å². The molecule has 7 nitrogen and oxygen atoms in total. The Morgan fingerprint density at radius 2 is 2.05 bits per heavy atom. The van der Waals surface area contributed by atoms with E-state index in [1.165, 1.54) is 12.3 Å². The van der Waals surface area contributed by atoms with Crippen LogP contribution in [-0.4, -0.2) is 30.3 Å². The molecule has 0 aliphatic rings. The molecule has 0 aliphatic carbocycles. The molecule has 104 valence electrons. The van der Waals surface area contributed by atoms with E-state index in [1.54, 1.807) is 19.9 Å². The third-order valence-corrected chi connectivity index (χ3v) is 2.42. The first-order chi connectivity index (χ1) is 8.91. The molecular weight excluding hydrogens is 250 g/mol. The van der Waals surface area contributed by atoms with Gasteiger partial charge in [0.1, 0.15) is 6.04 Å². The predicted molar refractivity (Wildman–Crippen MR) is 67.0 cm³/mol. The molecule has 1 rings (SSSR count).